The lowest BCUT2D eigenvalue weighted by Crippen LogP contribution is -2.20. The molecule has 0 aliphatic carbocycles. The van der Waals surface area contributed by atoms with E-state index in [-0.39, 0.29) is 11.8 Å². The molecule has 2 N–H and O–H groups in total. The highest BCUT2D eigenvalue weighted by molar-refractivity contribution is 8.00. The number of carbonyl (C=O) groups is 2. The Balaban J connectivity index is 1.47. The summed E-state index contributed by atoms with van der Waals surface area (Å²) in [7, 11) is 0. The molecule has 0 radical (unpaired) electrons. The first kappa shape index (κ1) is 23.7. The number of thioether (sulfide) groups is 1. The number of benzene rings is 3. The average Bonchev–Trinajstić information content (AvgIpc) is 2.87. The van der Waals surface area contributed by atoms with Crippen molar-refractivity contribution in [3.8, 4) is 11.5 Å². The molecule has 2 amide bonds. The molecule has 1 atom stereocenters. The summed E-state index contributed by atoms with van der Waals surface area (Å²) in [5.41, 5.74) is 2.31. The van der Waals surface area contributed by atoms with E-state index in [2.05, 4.69) is 17.6 Å². The minimum atomic E-state index is -0.459. The van der Waals surface area contributed by atoms with Gasteiger partial charge in [-0.3, -0.25) is 9.59 Å². The van der Waals surface area contributed by atoms with Crippen LogP contribution in [-0.2, 0) is 9.59 Å². The van der Waals surface area contributed by atoms with E-state index in [9.17, 15) is 9.59 Å². The lowest BCUT2D eigenvalue weighted by molar-refractivity contribution is -0.116. The van der Waals surface area contributed by atoms with Gasteiger partial charge in [0.1, 0.15) is 18.5 Å². The SMILES string of the molecule is CCCCC(=O)Nc1ccc(SC(C(=O)Nc2ccc3c(c2)OCCO3)c2ccccc2)cc1. The Kier molecular flexibility index (Phi) is 8.09. The third-order valence-corrected chi connectivity index (χ3v) is 6.57. The van der Waals surface area contributed by atoms with Crippen molar-refractivity contribution < 1.29 is 19.1 Å². The van der Waals surface area contributed by atoms with Crippen LogP contribution in [0, 0.1) is 0 Å². The van der Waals surface area contributed by atoms with E-state index in [0.29, 0.717) is 36.8 Å². The van der Waals surface area contributed by atoms with Gasteiger partial charge in [-0.1, -0.05) is 43.7 Å². The third-order valence-electron chi connectivity index (χ3n) is 5.30. The summed E-state index contributed by atoms with van der Waals surface area (Å²) < 4.78 is 11.2. The molecule has 4 rings (SSSR count). The van der Waals surface area contributed by atoms with Crippen LogP contribution >= 0.6 is 11.8 Å². The van der Waals surface area contributed by atoms with Crippen LogP contribution in [0.3, 0.4) is 0 Å². The molecule has 0 saturated carbocycles. The maximum absolute atomic E-state index is 13.3. The van der Waals surface area contributed by atoms with Gasteiger partial charge >= 0.3 is 0 Å². The number of nitrogens with one attached hydrogen (secondary N) is 2. The number of unbranched alkanes of at least 4 members (excludes halogenated alkanes) is 1. The molecular weight excluding hydrogens is 448 g/mol. The van der Waals surface area contributed by atoms with Gasteiger partial charge in [0.15, 0.2) is 11.5 Å². The molecule has 0 saturated heterocycles. The van der Waals surface area contributed by atoms with E-state index in [1.807, 2.05) is 66.7 Å². The number of fused-ring (bicyclic) bond motifs is 1. The van der Waals surface area contributed by atoms with Gasteiger partial charge in [-0.15, -0.1) is 11.8 Å². The van der Waals surface area contributed by atoms with E-state index < -0.39 is 5.25 Å². The fraction of sp³-hybridized carbons (Fsp3) is 0.259. The Morgan fingerprint density at radius 3 is 2.32 bits per heavy atom. The van der Waals surface area contributed by atoms with Gasteiger partial charge in [-0.2, -0.15) is 0 Å². The smallest absolute Gasteiger partial charge is 0.242 e. The topological polar surface area (TPSA) is 76.7 Å². The molecule has 0 aromatic heterocycles. The van der Waals surface area contributed by atoms with Gasteiger partial charge in [0.05, 0.1) is 0 Å². The van der Waals surface area contributed by atoms with Crippen molar-refractivity contribution in [2.24, 2.45) is 0 Å². The molecular formula is C27H28N2O4S. The van der Waals surface area contributed by atoms with Gasteiger partial charge in [-0.05, 0) is 48.4 Å². The largest absolute Gasteiger partial charge is 0.486 e. The molecule has 34 heavy (non-hydrogen) atoms. The Labute approximate surface area is 204 Å². The number of hydrogen-bond acceptors (Lipinski definition) is 5. The van der Waals surface area contributed by atoms with E-state index in [4.69, 9.17) is 9.47 Å². The molecule has 3 aromatic rings. The molecule has 6 nitrogen and oxygen atoms in total. The van der Waals surface area contributed by atoms with Crippen LogP contribution in [0.1, 0.15) is 37.0 Å². The van der Waals surface area contributed by atoms with Crippen LogP contribution in [0.5, 0.6) is 11.5 Å². The molecule has 176 valence electrons. The zero-order valence-corrected chi connectivity index (χ0v) is 19.9. The normalized spacial score (nSPS) is 13.1. The molecule has 0 fully saturated rings. The number of anilines is 2. The van der Waals surface area contributed by atoms with Crippen molar-refractivity contribution in [3.05, 3.63) is 78.4 Å². The predicted octanol–water partition coefficient (Wildman–Crippen LogP) is 6.06. The van der Waals surface area contributed by atoms with Gasteiger partial charge in [0.2, 0.25) is 11.8 Å². The second-order valence-electron chi connectivity index (χ2n) is 7.93. The van der Waals surface area contributed by atoms with E-state index in [0.717, 1.165) is 29.0 Å². The standard InChI is InChI=1S/C27H28N2O4S/c1-2-3-9-25(30)28-20-10-13-22(14-11-20)34-26(19-7-5-4-6-8-19)27(31)29-21-12-15-23-24(18-21)33-17-16-32-23/h4-8,10-15,18,26H,2-3,9,16-17H2,1H3,(H,28,30)(H,29,31). The van der Waals surface area contributed by atoms with Crippen LogP contribution in [0.4, 0.5) is 11.4 Å². The third kappa shape index (κ3) is 6.32. The monoisotopic (exact) mass is 476 g/mol. The Bertz CT molecular complexity index is 1120. The number of rotatable bonds is 9. The van der Waals surface area contributed by atoms with Crippen molar-refractivity contribution in [1.29, 1.82) is 0 Å². The Hall–Kier alpha value is -3.45. The van der Waals surface area contributed by atoms with Crippen LogP contribution in [0.2, 0.25) is 0 Å². The van der Waals surface area contributed by atoms with Crippen molar-refractivity contribution in [2.75, 3.05) is 23.8 Å². The fourth-order valence-corrected chi connectivity index (χ4v) is 4.57. The molecule has 1 aliphatic rings. The van der Waals surface area contributed by atoms with Gasteiger partial charge in [-0.25, -0.2) is 0 Å². The lowest BCUT2D eigenvalue weighted by atomic mass is 10.1. The van der Waals surface area contributed by atoms with Crippen molar-refractivity contribution >= 4 is 35.0 Å². The summed E-state index contributed by atoms with van der Waals surface area (Å²) in [6.07, 6.45) is 2.37. The van der Waals surface area contributed by atoms with E-state index in [1.165, 1.54) is 11.8 Å². The summed E-state index contributed by atoms with van der Waals surface area (Å²) in [6, 6.07) is 22.7. The highest BCUT2D eigenvalue weighted by Gasteiger charge is 2.23. The van der Waals surface area contributed by atoms with Crippen LogP contribution in [-0.4, -0.2) is 25.0 Å². The van der Waals surface area contributed by atoms with Crippen molar-refractivity contribution in [3.63, 3.8) is 0 Å². The highest BCUT2D eigenvalue weighted by atomic mass is 32.2. The summed E-state index contributed by atoms with van der Waals surface area (Å²) in [4.78, 5) is 26.3. The lowest BCUT2D eigenvalue weighted by Gasteiger charge is -2.20. The van der Waals surface area contributed by atoms with Gasteiger partial charge < -0.3 is 20.1 Å². The zero-order chi connectivity index (χ0) is 23.8. The quantitative estimate of drug-likeness (QED) is 0.367. The summed E-state index contributed by atoms with van der Waals surface area (Å²) >= 11 is 1.46. The number of ether oxygens (including phenoxy) is 2. The Morgan fingerprint density at radius 1 is 0.882 bits per heavy atom. The number of hydrogen-bond donors (Lipinski definition) is 2. The molecule has 0 bridgehead atoms. The average molecular weight is 477 g/mol. The Morgan fingerprint density at radius 2 is 1.59 bits per heavy atom. The molecule has 7 heteroatoms. The van der Waals surface area contributed by atoms with E-state index >= 15 is 0 Å². The molecule has 3 aromatic carbocycles. The summed E-state index contributed by atoms with van der Waals surface area (Å²) in [6.45, 7) is 3.07. The first-order valence-corrected chi connectivity index (χ1v) is 12.3. The van der Waals surface area contributed by atoms with Crippen molar-refractivity contribution in [2.45, 2.75) is 36.3 Å². The zero-order valence-electron chi connectivity index (χ0n) is 19.1. The van der Waals surface area contributed by atoms with Crippen molar-refractivity contribution in [1.82, 2.24) is 0 Å². The number of amides is 2. The van der Waals surface area contributed by atoms with Gasteiger partial charge in [0, 0.05) is 28.8 Å². The maximum atomic E-state index is 13.3. The predicted molar refractivity (Wildman–Crippen MR) is 136 cm³/mol. The van der Waals surface area contributed by atoms with Crippen LogP contribution < -0.4 is 20.1 Å². The second-order valence-corrected chi connectivity index (χ2v) is 9.11. The first-order chi connectivity index (χ1) is 16.6. The second kappa shape index (κ2) is 11.6. The fourth-order valence-electron chi connectivity index (χ4n) is 3.54. The summed E-state index contributed by atoms with van der Waals surface area (Å²) in [5.74, 6) is 1.19. The van der Waals surface area contributed by atoms with E-state index in [1.54, 1.807) is 6.07 Å². The van der Waals surface area contributed by atoms with Crippen LogP contribution in [0.25, 0.3) is 0 Å². The van der Waals surface area contributed by atoms with Gasteiger partial charge in [0.25, 0.3) is 0 Å². The summed E-state index contributed by atoms with van der Waals surface area (Å²) in [5, 5.41) is 5.48. The molecule has 1 heterocycles. The maximum Gasteiger partial charge on any atom is 0.242 e. The first-order valence-electron chi connectivity index (χ1n) is 11.4. The number of carbonyl (C=O) groups excluding carboxylic acids is 2. The minimum Gasteiger partial charge on any atom is -0.486 e. The van der Waals surface area contributed by atoms with Crippen LogP contribution in [0.15, 0.2) is 77.7 Å². The molecule has 0 spiro atoms. The molecule has 1 aliphatic heterocycles. The highest BCUT2D eigenvalue weighted by Crippen LogP contribution is 2.38. The molecule has 1 unspecified atom stereocenters. The minimum absolute atomic E-state index is 0.0169.